The van der Waals surface area contributed by atoms with Crippen molar-refractivity contribution in [2.45, 2.75) is 23.9 Å². The maximum Gasteiger partial charge on any atom is 0.191 e. The molecule has 0 radical (unpaired) electrons. The number of thioether (sulfide) groups is 1. The minimum Gasteiger partial charge on any atom is -0.343 e. The maximum atomic E-state index is 13.4. The van der Waals surface area contributed by atoms with E-state index in [-0.39, 0.29) is 5.78 Å². The fourth-order valence-electron chi connectivity index (χ4n) is 3.96. The molecule has 146 valence electrons. The Bertz CT molecular complexity index is 1200. The zero-order valence-electron chi connectivity index (χ0n) is 16.5. The molecule has 2 aromatic heterocycles. The molecule has 0 bridgehead atoms. The predicted octanol–water partition coefficient (Wildman–Crippen LogP) is 4.83. The third-order valence-corrected chi connectivity index (χ3v) is 6.60. The van der Waals surface area contributed by atoms with Crippen molar-refractivity contribution in [3.63, 3.8) is 0 Å². The van der Waals surface area contributed by atoms with Crippen LogP contribution in [-0.2, 0) is 14.1 Å². The SMILES string of the molecule is Cn1c(SCC(=O)c2c(-c3ccccc3)n(C)c3ccccc23)nnc1C1CC1. The highest BCUT2D eigenvalue weighted by atomic mass is 32.2. The summed E-state index contributed by atoms with van der Waals surface area (Å²) in [4.78, 5) is 13.4. The first-order valence-corrected chi connectivity index (χ1v) is 10.8. The highest BCUT2D eigenvalue weighted by molar-refractivity contribution is 7.99. The molecular weight excluding hydrogens is 380 g/mol. The molecule has 0 saturated heterocycles. The summed E-state index contributed by atoms with van der Waals surface area (Å²) in [5, 5.41) is 10.4. The molecule has 5 nitrogen and oxygen atoms in total. The Balaban J connectivity index is 1.51. The number of aromatic nitrogens is 4. The van der Waals surface area contributed by atoms with E-state index in [0.29, 0.717) is 11.7 Å². The van der Waals surface area contributed by atoms with Crippen LogP contribution in [0.1, 0.15) is 34.9 Å². The van der Waals surface area contributed by atoms with Crippen LogP contribution in [0.15, 0.2) is 59.8 Å². The average Bonchev–Trinajstić information content (AvgIpc) is 3.46. The van der Waals surface area contributed by atoms with Gasteiger partial charge in [0.2, 0.25) is 0 Å². The molecule has 0 atom stereocenters. The lowest BCUT2D eigenvalue weighted by atomic mass is 10.0. The van der Waals surface area contributed by atoms with Crippen LogP contribution in [0.25, 0.3) is 22.2 Å². The van der Waals surface area contributed by atoms with Gasteiger partial charge >= 0.3 is 0 Å². The summed E-state index contributed by atoms with van der Waals surface area (Å²) >= 11 is 1.47. The van der Waals surface area contributed by atoms with E-state index < -0.39 is 0 Å². The first-order valence-electron chi connectivity index (χ1n) is 9.83. The molecular formula is C23H22N4OS. The summed E-state index contributed by atoms with van der Waals surface area (Å²) < 4.78 is 4.16. The van der Waals surface area contributed by atoms with Crippen molar-refractivity contribution >= 4 is 28.4 Å². The van der Waals surface area contributed by atoms with E-state index in [1.165, 1.54) is 24.6 Å². The van der Waals surface area contributed by atoms with Gasteiger partial charge in [0, 0.05) is 30.9 Å². The lowest BCUT2D eigenvalue weighted by molar-refractivity contribution is 0.102. The van der Waals surface area contributed by atoms with Gasteiger partial charge in [0.05, 0.1) is 17.0 Å². The van der Waals surface area contributed by atoms with Crippen LogP contribution in [0.2, 0.25) is 0 Å². The van der Waals surface area contributed by atoms with E-state index in [2.05, 4.69) is 33.0 Å². The lowest BCUT2D eigenvalue weighted by Gasteiger charge is -2.08. The summed E-state index contributed by atoms with van der Waals surface area (Å²) in [6.07, 6.45) is 2.37. The minimum atomic E-state index is 0.113. The highest BCUT2D eigenvalue weighted by Crippen LogP contribution is 2.40. The molecule has 1 aliphatic carbocycles. The second-order valence-electron chi connectivity index (χ2n) is 7.55. The van der Waals surface area contributed by atoms with Crippen molar-refractivity contribution in [3.8, 4) is 11.3 Å². The van der Waals surface area contributed by atoms with Crippen molar-refractivity contribution < 1.29 is 4.79 Å². The summed E-state index contributed by atoms with van der Waals surface area (Å²) in [6.45, 7) is 0. The average molecular weight is 403 g/mol. The van der Waals surface area contributed by atoms with E-state index in [4.69, 9.17) is 0 Å². The Morgan fingerprint density at radius 2 is 1.72 bits per heavy atom. The first kappa shape index (κ1) is 18.2. The molecule has 29 heavy (non-hydrogen) atoms. The van der Waals surface area contributed by atoms with Crippen molar-refractivity contribution in [2.75, 3.05) is 5.75 Å². The van der Waals surface area contributed by atoms with Crippen LogP contribution >= 0.6 is 11.8 Å². The molecule has 1 aliphatic rings. The van der Waals surface area contributed by atoms with Crippen LogP contribution in [0.4, 0.5) is 0 Å². The van der Waals surface area contributed by atoms with Crippen molar-refractivity contribution in [3.05, 3.63) is 66.0 Å². The topological polar surface area (TPSA) is 52.7 Å². The molecule has 4 aromatic rings. The Morgan fingerprint density at radius 3 is 2.48 bits per heavy atom. The van der Waals surface area contributed by atoms with Crippen molar-refractivity contribution in [1.29, 1.82) is 0 Å². The van der Waals surface area contributed by atoms with Gasteiger partial charge in [-0.1, -0.05) is 60.3 Å². The number of carbonyl (C=O) groups excluding carboxylic acids is 1. The summed E-state index contributed by atoms with van der Waals surface area (Å²) in [6, 6.07) is 18.2. The van der Waals surface area contributed by atoms with Gasteiger partial charge in [-0.3, -0.25) is 4.79 Å². The van der Waals surface area contributed by atoms with E-state index in [0.717, 1.165) is 38.7 Å². The molecule has 1 fully saturated rings. The van der Waals surface area contributed by atoms with Crippen LogP contribution < -0.4 is 0 Å². The second-order valence-corrected chi connectivity index (χ2v) is 8.49. The van der Waals surface area contributed by atoms with Gasteiger partial charge in [-0.25, -0.2) is 0 Å². The maximum absolute atomic E-state index is 13.4. The standard InChI is InChI=1S/C23H22N4OS/c1-26-18-11-7-6-10-17(18)20(21(26)15-8-4-3-5-9-15)19(28)14-29-23-25-24-22(27(23)2)16-12-13-16/h3-11,16H,12-14H2,1-2H3. The zero-order chi connectivity index (χ0) is 20.0. The Morgan fingerprint density at radius 1 is 1.00 bits per heavy atom. The molecule has 2 aromatic carbocycles. The monoisotopic (exact) mass is 402 g/mol. The largest absolute Gasteiger partial charge is 0.343 e. The van der Waals surface area contributed by atoms with Crippen LogP contribution in [0, 0.1) is 0 Å². The molecule has 5 rings (SSSR count). The van der Waals surface area contributed by atoms with E-state index in [1.54, 1.807) is 0 Å². The molecule has 1 saturated carbocycles. The fraction of sp³-hybridized carbons (Fsp3) is 0.261. The minimum absolute atomic E-state index is 0.113. The smallest absolute Gasteiger partial charge is 0.191 e. The van der Waals surface area contributed by atoms with Gasteiger partial charge in [-0.05, 0) is 24.5 Å². The van der Waals surface area contributed by atoms with Gasteiger partial charge in [-0.15, -0.1) is 10.2 Å². The van der Waals surface area contributed by atoms with E-state index in [1.807, 2.05) is 55.1 Å². The first-order chi connectivity index (χ1) is 14.1. The number of nitrogens with zero attached hydrogens (tertiary/aromatic N) is 4. The number of hydrogen-bond donors (Lipinski definition) is 0. The normalized spacial score (nSPS) is 13.9. The molecule has 0 aliphatic heterocycles. The van der Waals surface area contributed by atoms with Crippen LogP contribution in [-0.4, -0.2) is 30.9 Å². The zero-order valence-corrected chi connectivity index (χ0v) is 17.3. The fourth-order valence-corrected chi connectivity index (χ4v) is 4.75. The van der Waals surface area contributed by atoms with Crippen molar-refractivity contribution in [2.24, 2.45) is 14.1 Å². The van der Waals surface area contributed by atoms with Gasteiger partial charge in [0.15, 0.2) is 10.9 Å². The Hall–Kier alpha value is -2.86. The predicted molar refractivity (Wildman–Crippen MR) is 116 cm³/mol. The number of Topliss-reactive ketones (excluding diaryl/α,β-unsaturated/α-hetero) is 1. The second kappa shape index (κ2) is 7.19. The quantitative estimate of drug-likeness (QED) is 0.342. The molecule has 0 spiro atoms. The third-order valence-electron chi connectivity index (χ3n) is 5.58. The van der Waals surface area contributed by atoms with Crippen LogP contribution in [0.5, 0.6) is 0 Å². The highest BCUT2D eigenvalue weighted by Gasteiger charge is 2.29. The summed E-state index contributed by atoms with van der Waals surface area (Å²) in [5.41, 5.74) is 3.86. The summed E-state index contributed by atoms with van der Waals surface area (Å²) in [5.74, 6) is 2.03. The van der Waals surface area contributed by atoms with Crippen molar-refractivity contribution in [1.82, 2.24) is 19.3 Å². The number of carbonyl (C=O) groups is 1. The van der Waals surface area contributed by atoms with Gasteiger partial charge in [0.1, 0.15) is 5.82 Å². The number of fused-ring (bicyclic) bond motifs is 1. The number of aryl methyl sites for hydroxylation is 1. The van der Waals surface area contributed by atoms with E-state index >= 15 is 0 Å². The Labute approximate surface area is 173 Å². The lowest BCUT2D eigenvalue weighted by Crippen LogP contribution is -2.06. The molecule has 0 unspecified atom stereocenters. The Kier molecular flexibility index (Phi) is 4.51. The molecule has 2 heterocycles. The van der Waals surface area contributed by atoms with Gasteiger partial charge < -0.3 is 9.13 Å². The van der Waals surface area contributed by atoms with Crippen LogP contribution in [0.3, 0.4) is 0 Å². The van der Waals surface area contributed by atoms with Gasteiger partial charge in [-0.2, -0.15) is 0 Å². The number of rotatable bonds is 6. The molecule has 0 amide bonds. The number of hydrogen-bond acceptors (Lipinski definition) is 4. The number of para-hydroxylation sites is 1. The number of benzene rings is 2. The molecule has 6 heteroatoms. The third kappa shape index (κ3) is 3.17. The van der Waals surface area contributed by atoms with E-state index in [9.17, 15) is 4.79 Å². The summed E-state index contributed by atoms with van der Waals surface area (Å²) in [7, 11) is 4.02. The number of ketones is 1. The molecule has 0 N–H and O–H groups in total. The van der Waals surface area contributed by atoms with Gasteiger partial charge in [0.25, 0.3) is 0 Å².